The number of benzene rings is 2. The molecule has 0 spiro atoms. The quantitative estimate of drug-likeness (QED) is 0.502. The Balaban J connectivity index is 2.18. The highest BCUT2D eigenvalue weighted by atomic mass is 16.5. The van der Waals surface area contributed by atoms with Gasteiger partial charge in [-0.1, -0.05) is 6.07 Å². The van der Waals surface area contributed by atoms with E-state index < -0.39 is 5.91 Å². The predicted molar refractivity (Wildman–Crippen MR) is 116 cm³/mol. The largest absolute Gasteiger partial charge is 0.493 e. The minimum Gasteiger partial charge on any atom is -0.493 e. The molecule has 0 unspecified atom stereocenters. The summed E-state index contributed by atoms with van der Waals surface area (Å²) in [6.45, 7) is 8.38. The highest BCUT2D eigenvalue weighted by Crippen LogP contribution is 2.29. The number of carbonyl (C=O) groups is 1. The molecule has 0 aliphatic rings. The number of hydrogen-bond donors (Lipinski definition) is 1. The average molecular weight is 393 g/mol. The third-order valence-corrected chi connectivity index (χ3v) is 4.42. The topological polar surface area (TPSA) is 74.6 Å². The summed E-state index contributed by atoms with van der Waals surface area (Å²) in [7, 11) is 1.56. The Labute approximate surface area is 172 Å². The number of ether oxygens (including phenoxy) is 2. The number of nitrogens with one attached hydrogen (secondary N) is 1. The maximum atomic E-state index is 12.5. The van der Waals surface area contributed by atoms with E-state index in [1.165, 1.54) is 6.08 Å². The van der Waals surface area contributed by atoms with Crippen molar-refractivity contribution in [3.05, 3.63) is 53.6 Å². The summed E-state index contributed by atoms with van der Waals surface area (Å²) in [5.74, 6) is 0.700. The van der Waals surface area contributed by atoms with Gasteiger partial charge in [0.1, 0.15) is 11.6 Å². The zero-order chi connectivity index (χ0) is 21.2. The van der Waals surface area contributed by atoms with E-state index in [1.807, 2.05) is 37.3 Å². The number of carbonyl (C=O) groups excluding carboxylic acids is 1. The number of hydrogen-bond acceptors (Lipinski definition) is 5. The molecule has 0 aliphatic heterocycles. The van der Waals surface area contributed by atoms with E-state index in [4.69, 9.17) is 9.47 Å². The van der Waals surface area contributed by atoms with Gasteiger partial charge in [0.2, 0.25) is 0 Å². The van der Waals surface area contributed by atoms with Crippen molar-refractivity contribution in [2.75, 3.05) is 37.0 Å². The zero-order valence-electron chi connectivity index (χ0n) is 17.4. The fourth-order valence-electron chi connectivity index (χ4n) is 2.91. The van der Waals surface area contributed by atoms with E-state index in [2.05, 4.69) is 24.1 Å². The normalized spacial score (nSPS) is 10.8. The lowest BCUT2D eigenvalue weighted by molar-refractivity contribution is -0.112. The first-order chi connectivity index (χ1) is 14.1. The van der Waals surface area contributed by atoms with Gasteiger partial charge in [-0.25, -0.2) is 0 Å². The van der Waals surface area contributed by atoms with Gasteiger partial charge in [0, 0.05) is 24.5 Å². The third-order valence-electron chi connectivity index (χ3n) is 4.42. The zero-order valence-corrected chi connectivity index (χ0v) is 17.4. The molecule has 0 bridgehead atoms. The van der Waals surface area contributed by atoms with Gasteiger partial charge in [0.05, 0.1) is 13.7 Å². The van der Waals surface area contributed by atoms with Gasteiger partial charge in [-0.05, 0) is 68.8 Å². The summed E-state index contributed by atoms with van der Waals surface area (Å²) in [4.78, 5) is 14.8. The first-order valence-corrected chi connectivity index (χ1v) is 9.65. The van der Waals surface area contributed by atoms with Gasteiger partial charge in [0.25, 0.3) is 5.91 Å². The van der Waals surface area contributed by atoms with Crippen molar-refractivity contribution in [2.45, 2.75) is 20.8 Å². The first kappa shape index (κ1) is 21.8. The Morgan fingerprint density at radius 1 is 1.10 bits per heavy atom. The van der Waals surface area contributed by atoms with Crippen LogP contribution in [0.2, 0.25) is 0 Å². The van der Waals surface area contributed by atoms with Crippen molar-refractivity contribution >= 4 is 23.4 Å². The summed E-state index contributed by atoms with van der Waals surface area (Å²) < 4.78 is 10.8. The van der Waals surface area contributed by atoms with Crippen LogP contribution in [0.25, 0.3) is 6.08 Å². The number of nitrogens with zero attached hydrogens (tertiary/aromatic N) is 2. The van der Waals surface area contributed by atoms with Crippen molar-refractivity contribution in [3.8, 4) is 17.6 Å². The van der Waals surface area contributed by atoms with Crippen LogP contribution in [0.4, 0.5) is 11.4 Å². The maximum absolute atomic E-state index is 12.5. The monoisotopic (exact) mass is 393 g/mol. The van der Waals surface area contributed by atoms with E-state index in [0.29, 0.717) is 29.4 Å². The van der Waals surface area contributed by atoms with Crippen LogP contribution < -0.4 is 19.7 Å². The molecule has 1 N–H and O–H groups in total. The second-order valence-electron chi connectivity index (χ2n) is 6.19. The minimum absolute atomic E-state index is 0.00503. The van der Waals surface area contributed by atoms with Crippen molar-refractivity contribution in [3.63, 3.8) is 0 Å². The third kappa shape index (κ3) is 5.76. The molecule has 0 saturated carbocycles. The Morgan fingerprint density at radius 3 is 2.34 bits per heavy atom. The van der Waals surface area contributed by atoms with Gasteiger partial charge in [-0.15, -0.1) is 0 Å². The standard InChI is InChI=1S/C23H27N3O3/c1-5-26(6-2)20-11-9-19(10-12-20)25-23(27)18(16-24)14-17-8-13-21(28-4)22(15-17)29-7-3/h8-15H,5-7H2,1-4H3,(H,25,27)/b18-14-. The van der Waals surface area contributed by atoms with Gasteiger partial charge in [0.15, 0.2) is 11.5 Å². The summed E-state index contributed by atoms with van der Waals surface area (Å²) >= 11 is 0. The summed E-state index contributed by atoms with van der Waals surface area (Å²) in [6, 6.07) is 14.8. The van der Waals surface area contributed by atoms with Crippen LogP contribution in [0.1, 0.15) is 26.3 Å². The fourth-order valence-corrected chi connectivity index (χ4v) is 2.91. The van der Waals surface area contributed by atoms with E-state index in [0.717, 1.165) is 18.8 Å². The molecule has 0 radical (unpaired) electrons. The molecule has 2 aromatic rings. The van der Waals surface area contributed by atoms with Gasteiger partial charge in [-0.2, -0.15) is 5.26 Å². The van der Waals surface area contributed by atoms with Gasteiger partial charge >= 0.3 is 0 Å². The molecule has 0 heterocycles. The molecule has 2 aromatic carbocycles. The van der Waals surface area contributed by atoms with Crippen LogP contribution in [-0.2, 0) is 4.79 Å². The van der Waals surface area contributed by atoms with E-state index in [1.54, 1.807) is 25.3 Å². The van der Waals surface area contributed by atoms with Gasteiger partial charge in [-0.3, -0.25) is 4.79 Å². The lowest BCUT2D eigenvalue weighted by Crippen LogP contribution is -2.21. The molecule has 152 valence electrons. The van der Waals surface area contributed by atoms with Crippen LogP contribution in [0.5, 0.6) is 11.5 Å². The molecular weight excluding hydrogens is 366 g/mol. The van der Waals surface area contributed by atoms with Crippen LogP contribution in [0.3, 0.4) is 0 Å². The molecule has 0 aromatic heterocycles. The molecule has 0 fully saturated rings. The number of rotatable bonds is 9. The fraction of sp³-hybridized carbons (Fsp3) is 0.304. The molecule has 6 nitrogen and oxygen atoms in total. The molecule has 1 amide bonds. The molecule has 0 atom stereocenters. The van der Waals surface area contributed by atoms with Crippen molar-refractivity contribution < 1.29 is 14.3 Å². The second kappa shape index (κ2) is 10.8. The van der Waals surface area contributed by atoms with Crippen LogP contribution in [0, 0.1) is 11.3 Å². The van der Waals surface area contributed by atoms with Crippen LogP contribution in [-0.4, -0.2) is 32.7 Å². The molecule has 0 saturated heterocycles. The molecule has 6 heteroatoms. The van der Waals surface area contributed by atoms with Gasteiger partial charge < -0.3 is 19.7 Å². The van der Waals surface area contributed by atoms with E-state index in [-0.39, 0.29) is 5.57 Å². The molecule has 29 heavy (non-hydrogen) atoms. The number of amides is 1. The Bertz CT molecular complexity index is 895. The van der Waals surface area contributed by atoms with Crippen LogP contribution in [0.15, 0.2) is 48.0 Å². The summed E-state index contributed by atoms with van der Waals surface area (Å²) in [5.41, 5.74) is 2.41. The van der Waals surface area contributed by atoms with Crippen molar-refractivity contribution in [2.24, 2.45) is 0 Å². The predicted octanol–water partition coefficient (Wildman–Crippen LogP) is 4.49. The van der Waals surface area contributed by atoms with Crippen molar-refractivity contribution in [1.82, 2.24) is 0 Å². The number of anilines is 2. The molecule has 2 rings (SSSR count). The smallest absolute Gasteiger partial charge is 0.266 e. The second-order valence-corrected chi connectivity index (χ2v) is 6.19. The number of methoxy groups -OCH3 is 1. The Hall–Kier alpha value is -3.46. The average Bonchev–Trinajstić information content (AvgIpc) is 2.74. The minimum atomic E-state index is -0.461. The van der Waals surface area contributed by atoms with E-state index in [9.17, 15) is 10.1 Å². The highest BCUT2D eigenvalue weighted by molar-refractivity contribution is 6.09. The lowest BCUT2D eigenvalue weighted by Gasteiger charge is -2.21. The molecule has 0 aliphatic carbocycles. The number of nitriles is 1. The summed E-state index contributed by atoms with van der Waals surface area (Å²) in [6.07, 6.45) is 1.53. The molecular formula is C23H27N3O3. The van der Waals surface area contributed by atoms with Crippen molar-refractivity contribution in [1.29, 1.82) is 5.26 Å². The highest BCUT2D eigenvalue weighted by Gasteiger charge is 2.11. The van der Waals surface area contributed by atoms with E-state index >= 15 is 0 Å². The van der Waals surface area contributed by atoms with Crippen LogP contribution >= 0.6 is 0 Å². The summed E-state index contributed by atoms with van der Waals surface area (Å²) in [5, 5.41) is 12.2. The SMILES string of the molecule is CCOc1cc(/C=C(/C#N)C(=O)Nc2ccc(N(CC)CC)cc2)ccc1OC. The Kier molecular flexibility index (Phi) is 8.11. The Morgan fingerprint density at radius 2 is 1.79 bits per heavy atom. The maximum Gasteiger partial charge on any atom is 0.266 e. The lowest BCUT2D eigenvalue weighted by atomic mass is 10.1. The first-order valence-electron chi connectivity index (χ1n) is 9.65.